The Balaban J connectivity index is 2.11. The molecule has 0 bridgehead atoms. The SMILES string of the molecule is CC(=O)NC1CCN(c2cc(Br)ccc2CNC(C)C)C1. The number of halogens is 1. The zero-order valence-corrected chi connectivity index (χ0v) is 14.5. The summed E-state index contributed by atoms with van der Waals surface area (Å²) in [5.41, 5.74) is 2.56. The van der Waals surface area contributed by atoms with Gasteiger partial charge in [0, 0.05) is 48.8 Å². The zero-order valence-electron chi connectivity index (χ0n) is 12.9. The van der Waals surface area contributed by atoms with Crippen molar-refractivity contribution in [3.63, 3.8) is 0 Å². The van der Waals surface area contributed by atoms with E-state index < -0.39 is 0 Å². The predicted octanol–water partition coefficient (Wildman–Crippen LogP) is 2.66. The van der Waals surface area contributed by atoms with Gasteiger partial charge in [0.15, 0.2) is 0 Å². The smallest absolute Gasteiger partial charge is 0.217 e. The molecule has 0 radical (unpaired) electrons. The van der Waals surface area contributed by atoms with Crippen LogP contribution in [0.4, 0.5) is 5.69 Å². The lowest BCUT2D eigenvalue weighted by Gasteiger charge is -2.23. The number of carbonyl (C=O) groups is 1. The Kier molecular flexibility index (Phi) is 5.65. The molecule has 1 amide bonds. The first-order valence-electron chi connectivity index (χ1n) is 7.49. The molecule has 2 rings (SSSR count). The van der Waals surface area contributed by atoms with Gasteiger partial charge in [-0.3, -0.25) is 4.79 Å². The average Bonchev–Trinajstić information content (AvgIpc) is 2.84. The molecule has 116 valence electrons. The van der Waals surface area contributed by atoms with Crippen molar-refractivity contribution in [2.75, 3.05) is 18.0 Å². The third kappa shape index (κ3) is 4.71. The van der Waals surface area contributed by atoms with Crippen LogP contribution in [0.5, 0.6) is 0 Å². The van der Waals surface area contributed by atoms with E-state index in [4.69, 9.17) is 0 Å². The molecule has 4 nitrogen and oxygen atoms in total. The third-order valence-corrected chi connectivity index (χ3v) is 4.18. The van der Waals surface area contributed by atoms with Crippen LogP contribution >= 0.6 is 15.9 Å². The van der Waals surface area contributed by atoms with Gasteiger partial charge in [-0.25, -0.2) is 0 Å². The molecule has 0 aliphatic carbocycles. The van der Waals surface area contributed by atoms with Crippen molar-refractivity contribution in [1.82, 2.24) is 10.6 Å². The highest BCUT2D eigenvalue weighted by Crippen LogP contribution is 2.28. The van der Waals surface area contributed by atoms with Gasteiger partial charge in [0.25, 0.3) is 0 Å². The van der Waals surface area contributed by atoms with Gasteiger partial charge in [0.1, 0.15) is 0 Å². The van der Waals surface area contributed by atoms with Crippen molar-refractivity contribution in [2.45, 2.75) is 45.8 Å². The van der Waals surface area contributed by atoms with E-state index in [2.05, 4.69) is 63.5 Å². The van der Waals surface area contributed by atoms with Gasteiger partial charge in [-0.05, 0) is 24.1 Å². The molecule has 21 heavy (non-hydrogen) atoms. The van der Waals surface area contributed by atoms with Gasteiger partial charge in [0.05, 0.1) is 0 Å². The number of amides is 1. The minimum Gasteiger partial charge on any atom is -0.369 e. The zero-order chi connectivity index (χ0) is 15.4. The van der Waals surface area contributed by atoms with Gasteiger partial charge >= 0.3 is 0 Å². The van der Waals surface area contributed by atoms with Crippen LogP contribution in [-0.2, 0) is 11.3 Å². The maximum absolute atomic E-state index is 11.2. The summed E-state index contributed by atoms with van der Waals surface area (Å²) in [5.74, 6) is 0.0535. The number of carbonyl (C=O) groups excluding carboxylic acids is 1. The molecule has 1 aromatic carbocycles. The second kappa shape index (κ2) is 7.27. The molecule has 2 N–H and O–H groups in total. The Morgan fingerprint density at radius 3 is 2.90 bits per heavy atom. The maximum atomic E-state index is 11.2. The van der Waals surface area contributed by atoms with E-state index in [9.17, 15) is 4.79 Å². The first kappa shape index (κ1) is 16.3. The van der Waals surface area contributed by atoms with Crippen molar-refractivity contribution in [1.29, 1.82) is 0 Å². The Hall–Kier alpha value is -1.07. The van der Waals surface area contributed by atoms with E-state index in [0.717, 1.165) is 30.5 Å². The highest BCUT2D eigenvalue weighted by Gasteiger charge is 2.24. The predicted molar refractivity (Wildman–Crippen MR) is 90.6 cm³/mol. The van der Waals surface area contributed by atoms with Crippen LogP contribution in [0.25, 0.3) is 0 Å². The number of anilines is 1. The molecular weight excluding hydrogens is 330 g/mol. The minimum atomic E-state index is 0.0535. The number of hydrogen-bond donors (Lipinski definition) is 2. The third-order valence-electron chi connectivity index (χ3n) is 3.68. The lowest BCUT2D eigenvalue weighted by Crippen LogP contribution is -2.35. The second-order valence-electron chi connectivity index (χ2n) is 5.94. The van der Waals surface area contributed by atoms with Gasteiger partial charge in [-0.1, -0.05) is 35.8 Å². The lowest BCUT2D eigenvalue weighted by molar-refractivity contribution is -0.119. The Morgan fingerprint density at radius 2 is 2.24 bits per heavy atom. The van der Waals surface area contributed by atoms with Gasteiger partial charge in [-0.2, -0.15) is 0 Å². The normalized spacial score (nSPS) is 18.3. The number of rotatable bonds is 5. The Morgan fingerprint density at radius 1 is 1.48 bits per heavy atom. The standard InChI is InChI=1S/C16H24BrN3O/c1-11(2)18-9-13-4-5-14(17)8-16(13)20-7-6-15(10-20)19-12(3)21/h4-5,8,11,15,18H,6-7,9-10H2,1-3H3,(H,19,21). The summed E-state index contributed by atoms with van der Waals surface area (Å²) in [7, 11) is 0. The molecule has 1 aliphatic heterocycles. The van der Waals surface area contributed by atoms with Crippen LogP contribution in [0.3, 0.4) is 0 Å². The minimum absolute atomic E-state index is 0.0535. The summed E-state index contributed by atoms with van der Waals surface area (Å²) in [6.45, 7) is 8.62. The van der Waals surface area contributed by atoms with Gasteiger partial charge in [0.2, 0.25) is 5.91 Å². The van der Waals surface area contributed by atoms with Crippen LogP contribution in [0.2, 0.25) is 0 Å². The Labute approximate surface area is 135 Å². The van der Waals surface area contributed by atoms with Crippen molar-refractivity contribution in [3.8, 4) is 0 Å². The summed E-state index contributed by atoms with van der Waals surface area (Å²) < 4.78 is 1.09. The number of nitrogens with one attached hydrogen (secondary N) is 2. The molecule has 1 saturated heterocycles. The average molecular weight is 354 g/mol. The molecule has 0 saturated carbocycles. The van der Waals surface area contributed by atoms with Crippen LogP contribution in [0, 0.1) is 0 Å². The van der Waals surface area contributed by atoms with Crippen LogP contribution in [0.15, 0.2) is 22.7 Å². The second-order valence-corrected chi connectivity index (χ2v) is 6.86. The first-order valence-corrected chi connectivity index (χ1v) is 8.29. The largest absolute Gasteiger partial charge is 0.369 e. The van der Waals surface area contributed by atoms with Gasteiger partial charge < -0.3 is 15.5 Å². The summed E-state index contributed by atoms with van der Waals surface area (Å²) >= 11 is 3.56. The lowest BCUT2D eigenvalue weighted by atomic mass is 10.1. The van der Waals surface area contributed by atoms with Crippen molar-refractivity contribution in [2.24, 2.45) is 0 Å². The molecule has 5 heteroatoms. The highest BCUT2D eigenvalue weighted by atomic mass is 79.9. The summed E-state index contributed by atoms with van der Waals surface area (Å²) in [6.07, 6.45) is 1.00. The summed E-state index contributed by atoms with van der Waals surface area (Å²) in [5, 5.41) is 6.49. The van der Waals surface area contributed by atoms with Crippen LogP contribution in [-0.4, -0.2) is 31.1 Å². The monoisotopic (exact) mass is 353 g/mol. The molecule has 0 spiro atoms. The first-order chi connectivity index (χ1) is 9.95. The number of nitrogens with zero attached hydrogens (tertiary/aromatic N) is 1. The van der Waals surface area contributed by atoms with Gasteiger partial charge in [-0.15, -0.1) is 0 Å². The fourth-order valence-electron chi connectivity index (χ4n) is 2.68. The highest BCUT2D eigenvalue weighted by molar-refractivity contribution is 9.10. The molecule has 1 aromatic rings. The van der Waals surface area contributed by atoms with E-state index in [0.29, 0.717) is 6.04 Å². The summed E-state index contributed by atoms with van der Waals surface area (Å²) in [4.78, 5) is 13.6. The molecule has 1 aliphatic rings. The molecule has 1 atom stereocenters. The van der Waals surface area contributed by atoms with Crippen molar-refractivity contribution >= 4 is 27.5 Å². The fourth-order valence-corrected chi connectivity index (χ4v) is 3.03. The van der Waals surface area contributed by atoms with E-state index in [1.54, 1.807) is 6.92 Å². The van der Waals surface area contributed by atoms with Crippen LogP contribution < -0.4 is 15.5 Å². The summed E-state index contributed by atoms with van der Waals surface area (Å²) in [6, 6.07) is 7.15. The molecule has 0 aromatic heterocycles. The van der Waals surface area contributed by atoms with E-state index in [1.165, 1.54) is 11.3 Å². The van der Waals surface area contributed by atoms with Crippen molar-refractivity contribution in [3.05, 3.63) is 28.2 Å². The quantitative estimate of drug-likeness (QED) is 0.855. The molecular formula is C16H24BrN3O. The van der Waals surface area contributed by atoms with E-state index in [-0.39, 0.29) is 11.9 Å². The molecule has 1 heterocycles. The maximum Gasteiger partial charge on any atom is 0.217 e. The van der Waals surface area contributed by atoms with Crippen molar-refractivity contribution < 1.29 is 4.79 Å². The van der Waals surface area contributed by atoms with Crippen LogP contribution in [0.1, 0.15) is 32.8 Å². The fraction of sp³-hybridized carbons (Fsp3) is 0.562. The molecule has 1 fully saturated rings. The Bertz CT molecular complexity index is 504. The van der Waals surface area contributed by atoms with E-state index >= 15 is 0 Å². The topological polar surface area (TPSA) is 44.4 Å². The number of hydrogen-bond acceptors (Lipinski definition) is 3. The van der Waals surface area contributed by atoms with E-state index in [1.807, 2.05) is 0 Å². The number of benzene rings is 1. The molecule has 1 unspecified atom stereocenters.